The Labute approximate surface area is 134 Å². The molecule has 0 atom stereocenters. The maximum atomic E-state index is 12.3. The Bertz CT molecular complexity index is 586. The molecule has 110 valence electrons. The molecule has 4 heteroatoms. The summed E-state index contributed by atoms with van der Waals surface area (Å²) < 4.78 is 0. The van der Waals surface area contributed by atoms with Crippen molar-refractivity contribution in [3.05, 3.63) is 57.2 Å². The second kappa shape index (κ2) is 6.63. The van der Waals surface area contributed by atoms with E-state index in [0.29, 0.717) is 17.4 Å². The molecule has 0 unspecified atom stereocenters. The van der Waals surface area contributed by atoms with Crippen LogP contribution in [0.2, 0.25) is 5.02 Å². The minimum atomic E-state index is 0.223. The molecule has 0 N–H and O–H groups in total. The molecule has 1 fully saturated rings. The molecule has 21 heavy (non-hydrogen) atoms. The van der Waals surface area contributed by atoms with Crippen LogP contribution in [-0.4, -0.2) is 23.9 Å². The first kappa shape index (κ1) is 14.6. The van der Waals surface area contributed by atoms with Gasteiger partial charge in [0.2, 0.25) is 5.91 Å². The van der Waals surface area contributed by atoms with Crippen LogP contribution in [0.4, 0.5) is 0 Å². The summed E-state index contributed by atoms with van der Waals surface area (Å²) in [4.78, 5) is 14.3. The molecule has 1 aliphatic heterocycles. The smallest absolute Gasteiger partial charge is 0.226 e. The largest absolute Gasteiger partial charge is 0.342 e. The summed E-state index contributed by atoms with van der Waals surface area (Å²) in [5.74, 6) is 0.844. The van der Waals surface area contributed by atoms with Gasteiger partial charge in [0.05, 0.1) is 6.42 Å². The van der Waals surface area contributed by atoms with Crippen LogP contribution in [0.3, 0.4) is 0 Å². The average molecular weight is 320 g/mol. The Hall–Kier alpha value is -1.32. The van der Waals surface area contributed by atoms with E-state index in [-0.39, 0.29) is 5.91 Å². The summed E-state index contributed by atoms with van der Waals surface area (Å²) in [5.41, 5.74) is 2.47. The van der Waals surface area contributed by atoms with E-state index in [2.05, 4.69) is 16.8 Å². The van der Waals surface area contributed by atoms with Crippen molar-refractivity contribution in [1.29, 1.82) is 0 Å². The van der Waals surface area contributed by atoms with Crippen molar-refractivity contribution in [2.75, 3.05) is 13.1 Å². The lowest BCUT2D eigenvalue weighted by molar-refractivity contribution is -0.131. The standard InChI is InChI=1S/C17H18ClNOS/c18-16-3-1-13(2-4-16)11-17(20)19-8-5-14(6-9-19)15-7-10-21-12-15/h1-4,7,10,12,14H,5-6,8-9,11H2. The number of rotatable bonds is 3. The molecule has 1 aromatic carbocycles. The molecule has 0 bridgehead atoms. The fourth-order valence-electron chi connectivity index (χ4n) is 2.86. The van der Waals surface area contributed by atoms with Gasteiger partial charge in [0.25, 0.3) is 0 Å². The molecule has 1 aromatic heterocycles. The minimum Gasteiger partial charge on any atom is -0.342 e. The van der Waals surface area contributed by atoms with E-state index in [0.717, 1.165) is 31.5 Å². The van der Waals surface area contributed by atoms with Crippen molar-refractivity contribution in [2.45, 2.75) is 25.2 Å². The van der Waals surface area contributed by atoms with Crippen LogP contribution in [0.15, 0.2) is 41.1 Å². The second-order valence-corrected chi connectivity index (χ2v) is 6.73. The molecule has 1 amide bonds. The number of carbonyl (C=O) groups excluding carboxylic acids is 1. The zero-order valence-electron chi connectivity index (χ0n) is 11.8. The van der Waals surface area contributed by atoms with Crippen molar-refractivity contribution >= 4 is 28.8 Å². The van der Waals surface area contributed by atoms with Gasteiger partial charge in [-0.1, -0.05) is 23.7 Å². The van der Waals surface area contributed by atoms with Gasteiger partial charge in [-0.25, -0.2) is 0 Å². The highest BCUT2D eigenvalue weighted by Crippen LogP contribution is 2.29. The van der Waals surface area contributed by atoms with Gasteiger partial charge >= 0.3 is 0 Å². The zero-order chi connectivity index (χ0) is 14.7. The molecule has 1 aliphatic rings. The Kier molecular flexibility index (Phi) is 4.61. The van der Waals surface area contributed by atoms with Crippen LogP contribution in [0.25, 0.3) is 0 Å². The predicted molar refractivity (Wildman–Crippen MR) is 88.0 cm³/mol. The Morgan fingerprint density at radius 3 is 2.52 bits per heavy atom. The number of nitrogens with zero attached hydrogens (tertiary/aromatic N) is 1. The first-order chi connectivity index (χ1) is 10.2. The first-order valence-corrected chi connectivity index (χ1v) is 8.59. The lowest BCUT2D eigenvalue weighted by Crippen LogP contribution is -2.38. The maximum absolute atomic E-state index is 12.3. The number of hydrogen-bond donors (Lipinski definition) is 0. The van der Waals surface area contributed by atoms with E-state index in [9.17, 15) is 4.79 Å². The van der Waals surface area contributed by atoms with Crippen molar-refractivity contribution in [1.82, 2.24) is 4.90 Å². The van der Waals surface area contributed by atoms with Gasteiger partial charge in [0.15, 0.2) is 0 Å². The van der Waals surface area contributed by atoms with Gasteiger partial charge in [-0.05, 0) is 58.8 Å². The number of hydrogen-bond acceptors (Lipinski definition) is 2. The fourth-order valence-corrected chi connectivity index (χ4v) is 3.73. The molecular weight excluding hydrogens is 302 g/mol. The van der Waals surface area contributed by atoms with Crippen molar-refractivity contribution in [3.8, 4) is 0 Å². The first-order valence-electron chi connectivity index (χ1n) is 7.26. The van der Waals surface area contributed by atoms with Gasteiger partial charge in [-0.2, -0.15) is 11.3 Å². The molecule has 0 spiro atoms. The van der Waals surface area contributed by atoms with Crippen LogP contribution in [0.1, 0.15) is 29.9 Å². The van der Waals surface area contributed by atoms with Crippen molar-refractivity contribution < 1.29 is 4.79 Å². The third kappa shape index (κ3) is 3.66. The lowest BCUT2D eigenvalue weighted by atomic mass is 9.91. The topological polar surface area (TPSA) is 20.3 Å². The number of carbonyl (C=O) groups is 1. The third-order valence-electron chi connectivity index (χ3n) is 4.13. The van der Waals surface area contributed by atoms with Gasteiger partial charge in [-0.15, -0.1) is 0 Å². The van der Waals surface area contributed by atoms with Crippen LogP contribution in [0.5, 0.6) is 0 Å². The van der Waals surface area contributed by atoms with Gasteiger partial charge in [0.1, 0.15) is 0 Å². The highest BCUT2D eigenvalue weighted by molar-refractivity contribution is 7.07. The van der Waals surface area contributed by atoms with E-state index in [4.69, 9.17) is 11.6 Å². The molecular formula is C17H18ClNOS. The minimum absolute atomic E-state index is 0.223. The summed E-state index contributed by atoms with van der Waals surface area (Å²) in [7, 11) is 0. The fraction of sp³-hybridized carbons (Fsp3) is 0.353. The van der Waals surface area contributed by atoms with Gasteiger partial charge in [0, 0.05) is 18.1 Å². The van der Waals surface area contributed by atoms with Crippen LogP contribution < -0.4 is 0 Å². The number of benzene rings is 1. The summed E-state index contributed by atoms with van der Waals surface area (Å²) in [6.07, 6.45) is 2.62. The van der Waals surface area contributed by atoms with E-state index in [1.807, 2.05) is 29.2 Å². The monoisotopic (exact) mass is 319 g/mol. The average Bonchev–Trinajstić information content (AvgIpc) is 3.04. The molecule has 2 heterocycles. The molecule has 0 radical (unpaired) electrons. The predicted octanol–water partition coefficient (Wildman–Crippen LogP) is 4.35. The van der Waals surface area contributed by atoms with E-state index < -0.39 is 0 Å². The third-order valence-corrected chi connectivity index (χ3v) is 5.08. The number of likely N-dealkylation sites (tertiary alicyclic amines) is 1. The molecule has 2 nitrogen and oxygen atoms in total. The van der Waals surface area contributed by atoms with Crippen molar-refractivity contribution in [3.63, 3.8) is 0 Å². The van der Waals surface area contributed by atoms with Crippen LogP contribution >= 0.6 is 22.9 Å². The molecule has 0 saturated carbocycles. The Morgan fingerprint density at radius 2 is 1.90 bits per heavy atom. The summed E-state index contributed by atoms with van der Waals surface area (Å²) in [6, 6.07) is 9.75. The van der Waals surface area contributed by atoms with Crippen LogP contribution in [0, 0.1) is 0 Å². The SMILES string of the molecule is O=C(Cc1ccc(Cl)cc1)N1CCC(c2ccsc2)CC1. The summed E-state index contributed by atoms with van der Waals surface area (Å²) in [5, 5.41) is 5.08. The van der Waals surface area contributed by atoms with E-state index in [1.54, 1.807) is 11.3 Å². The highest BCUT2D eigenvalue weighted by Gasteiger charge is 2.23. The van der Waals surface area contributed by atoms with E-state index >= 15 is 0 Å². The number of thiophene rings is 1. The second-order valence-electron chi connectivity index (χ2n) is 5.51. The summed E-state index contributed by atoms with van der Waals surface area (Å²) >= 11 is 7.62. The lowest BCUT2D eigenvalue weighted by Gasteiger charge is -2.32. The molecule has 1 saturated heterocycles. The molecule has 0 aliphatic carbocycles. The molecule has 3 rings (SSSR count). The van der Waals surface area contributed by atoms with E-state index in [1.165, 1.54) is 5.56 Å². The number of halogens is 1. The normalized spacial score (nSPS) is 16.1. The quantitative estimate of drug-likeness (QED) is 0.823. The zero-order valence-corrected chi connectivity index (χ0v) is 13.4. The molecule has 2 aromatic rings. The number of piperidine rings is 1. The Balaban J connectivity index is 1.54. The summed E-state index contributed by atoms with van der Waals surface area (Å²) in [6.45, 7) is 1.74. The highest BCUT2D eigenvalue weighted by atomic mass is 35.5. The van der Waals surface area contributed by atoms with Gasteiger partial charge in [-0.3, -0.25) is 4.79 Å². The van der Waals surface area contributed by atoms with Crippen LogP contribution in [-0.2, 0) is 11.2 Å². The van der Waals surface area contributed by atoms with Crippen molar-refractivity contribution in [2.24, 2.45) is 0 Å². The number of amides is 1. The Morgan fingerprint density at radius 1 is 1.19 bits per heavy atom. The van der Waals surface area contributed by atoms with Gasteiger partial charge < -0.3 is 4.90 Å². The maximum Gasteiger partial charge on any atom is 0.226 e.